The van der Waals surface area contributed by atoms with Crippen molar-refractivity contribution in [3.05, 3.63) is 0 Å². The molecule has 4 heteroatoms. The topological polar surface area (TPSA) is 30.5 Å². The third kappa shape index (κ3) is 2.62. The first-order chi connectivity index (χ1) is 4.63. The van der Waals surface area contributed by atoms with Gasteiger partial charge in [-0.2, -0.15) is 5.12 Å². The van der Waals surface area contributed by atoms with Gasteiger partial charge in [-0.3, -0.25) is 0 Å². The quantitative estimate of drug-likeness (QED) is 0.412. The molecular formula is C6H18N4. The number of hydrazine groups is 2. The lowest BCUT2D eigenvalue weighted by molar-refractivity contribution is -0.0525. The summed E-state index contributed by atoms with van der Waals surface area (Å²) in [6, 6.07) is 0. The summed E-state index contributed by atoms with van der Waals surface area (Å²) in [4.78, 5) is 0. The summed E-state index contributed by atoms with van der Waals surface area (Å²) < 4.78 is 0. The van der Waals surface area contributed by atoms with Gasteiger partial charge in [-0.15, -0.1) is 0 Å². The van der Waals surface area contributed by atoms with Gasteiger partial charge in [-0.1, -0.05) is 0 Å². The van der Waals surface area contributed by atoms with Crippen LogP contribution in [0.3, 0.4) is 0 Å². The molecular weight excluding hydrogens is 128 g/mol. The lowest BCUT2D eigenvalue weighted by Crippen LogP contribution is -2.52. The average molecular weight is 146 g/mol. The highest BCUT2D eigenvalue weighted by Crippen LogP contribution is 1.90. The van der Waals surface area contributed by atoms with Gasteiger partial charge in [0.1, 0.15) is 0 Å². The minimum absolute atomic E-state index is 0.345. The van der Waals surface area contributed by atoms with Crippen LogP contribution in [-0.2, 0) is 0 Å². The molecule has 0 amide bonds. The summed E-state index contributed by atoms with van der Waals surface area (Å²) in [6.45, 7) is 2.09. The van der Waals surface area contributed by atoms with E-state index in [4.69, 9.17) is 0 Å². The Hall–Kier alpha value is -0.160. The van der Waals surface area contributed by atoms with Crippen molar-refractivity contribution in [3.8, 4) is 0 Å². The molecule has 0 aliphatic carbocycles. The van der Waals surface area contributed by atoms with E-state index in [-0.39, 0.29) is 0 Å². The van der Waals surface area contributed by atoms with Crippen LogP contribution >= 0.6 is 0 Å². The highest BCUT2D eigenvalue weighted by molar-refractivity contribution is 4.51. The number of hydrogen-bond acceptors (Lipinski definition) is 4. The summed E-state index contributed by atoms with van der Waals surface area (Å²) in [5.74, 6) is 0. The van der Waals surface area contributed by atoms with Gasteiger partial charge in [0.05, 0.1) is 6.17 Å². The number of rotatable bonds is 4. The van der Waals surface area contributed by atoms with Gasteiger partial charge < -0.3 is 5.32 Å². The molecule has 0 fully saturated rings. The first-order valence-electron chi connectivity index (χ1n) is 3.44. The molecule has 0 aliphatic rings. The second-order valence-electron chi connectivity index (χ2n) is 2.29. The summed E-state index contributed by atoms with van der Waals surface area (Å²) in [5.41, 5.74) is 3.00. The molecule has 10 heavy (non-hydrogen) atoms. The fourth-order valence-electron chi connectivity index (χ4n) is 0.604. The summed E-state index contributed by atoms with van der Waals surface area (Å²) in [5, 5.41) is 7.10. The zero-order valence-electron chi connectivity index (χ0n) is 7.47. The first kappa shape index (κ1) is 9.84. The average Bonchev–Trinajstić information content (AvgIpc) is 2.00. The Labute approximate surface area is 63.1 Å². The molecule has 0 aromatic rings. The molecule has 1 atom stereocenters. The predicted molar refractivity (Wildman–Crippen MR) is 43.1 cm³/mol. The lowest BCUT2D eigenvalue weighted by Gasteiger charge is -2.32. The largest absolute Gasteiger partial charge is 0.304 e. The van der Waals surface area contributed by atoms with E-state index in [9.17, 15) is 0 Å². The maximum atomic E-state index is 3.12. The van der Waals surface area contributed by atoms with Crippen molar-refractivity contribution in [2.24, 2.45) is 0 Å². The van der Waals surface area contributed by atoms with E-state index in [0.29, 0.717) is 6.17 Å². The van der Waals surface area contributed by atoms with E-state index >= 15 is 0 Å². The molecule has 0 spiro atoms. The Bertz CT molecular complexity index is 75.8. The van der Waals surface area contributed by atoms with Crippen molar-refractivity contribution in [1.82, 2.24) is 20.9 Å². The third-order valence-electron chi connectivity index (χ3n) is 1.78. The van der Waals surface area contributed by atoms with Crippen LogP contribution in [0.25, 0.3) is 0 Å². The minimum atomic E-state index is 0.345. The van der Waals surface area contributed by atoms with Crippen LogP contribution in [-0.4, -0.2) is 44.5 Å². The van der Waals surface area contributed by atoms with Crippen molar-refractivity contribution < 1.29 is 0 Å². The van der Waals surface area contributed by atoms with Crippen molar-refractivity contribution >= 4 is 0 Å². The third-order valence-corrected chi connectivity index (χ3v) is 1.78. The molecule has 0 saturated heterocycles. The van der Waals surface area contributed by atoms with Crippen LogP contribution in [0.2, 0.25) is 0 Å². The fraction of sp³-hybridized carbons (Fsp3) is 1.00. The first-order valence-corrected chi connectivity index (χ1v) is 3.44. The fourth-order valence-corrected chi connectivity index (χ4v) is 0.604. The molecule has 1 unspecified atom stereocenters. The normalized spacial score (nSPS) is 14.7. The maximum Gasteiger partial charge on any atom is 0.0714 e. The van der Waals surface area contributed by atoms with Gasteiger partial charge in [0.25, 0.3) is 0 Å². The Morgan fingerprint density at radius 3 is 2.00 bits per heavy atom. The number of hydrogen-bond donors (Lipinski definition) is 2. The molecule has 0 heterocycles. The standard InChI is InChI=1S/C6H18N4/c1-6(7-2)9(4)10(5)8-3/h6-8H,1-5H3. The van der Waals surface area contributed by atoms with E-state index in [1.54, 1.807) is 0 Å². The van der Waals surface area contributed by atoms with Crippen molar-refractivity contribution in [3.63, 3.8) is 0 Å². The second-order valence-corrected chi connectivity index (χ2v) is 2.29. The Balaban J connectivity index is 3.69. The van der Waals surface area contributed by atoms with Crippen LogP contribution in [0.15, 0.2) is 0 Å². The molecule has 0 bridgehead atoms. The van der Waals surface area contributed by atoms with Gasteiger partial charge in [0.2, 0.25) is 0 Å². The lowest BCUT2D eigenvalue weighted by atomic mass is 10.5. The molecule has 4 nitrogen and oxygen atoms in total. The van der Waals surface area contributed by atoms with E-state index < -0.39 is 0 Å². The van der Waals surface area contributed by atoms with Crippen LogP contribution in [0.1, 0.15) is 6.92 Å². The maximum absolute atomic E-state index is 3.12. The van der Waals surface area contributed by atoms with Crippen LogP contribution in [0, 0.1) is 0 Å². The Morgan fingerprint density at radius 2 is 1.70 bits per heavy atom. The SMILES string of the molecule is CNC(C)N(C)N(C)NC. The monoisotopic (exact) mass is 146 g/mol. The zero-order valence-corrected chi connectivity index (χ0v) is 7.47. The molecule has 0 rings (SSSR count). The van der Waals surface area contributed by atoms with Crippen molar-refractivity contribution in [2.75, 3.05) is 28.2 Å². The van der Waals surface area contributed by atoms with Gasteiger partial charge in [-0.25, -0.2) is 10.4 Å². The number of nitrogens with zero attached hydrogens (tertiary/aromatic N) is 2. The highest BCUT2D eigenvalue weighted by atomic mass is 15.8. The van der Waals surface area contributed by atoms with Gasteiger partial charge in [-0.05, 0) is 14.0 Å². The summed E-state index contributed by atoms with van der Waals surface area (Å²) in [6.07, 6.45) is 0.345. The predicted octanol–water partition coefficient (Wildman–Crippen LogP) is -0.535. The summed E-state index contributed by atoms with van der Waals surface area (Å²) >= 11 is 0. The van der Waals surface area contributed by atoms with Gasteiger partial charge in [0, 0.05) is 21.1 Å². The van der Waals surface area contributed by atoms with E-state index in [1.807, 2.05) is 33.3 Å². The molecule has 2 N–H and O–H groups in total. The number of nitrogens with one attached hydrogen (secondary N) is 2. The Kier molecular flexibility index (Phi) is 4.55. The van der Waals surface area contributed by atoms with Gasteiger partial charge >= 0.3 is 0 Å². The summed E-state index contributed by atoms with van der Waals surface area (Å²) in [7, 11) is 7.80. The Morgan fingerprint density at radius 1 is 1.20 bits per heavy atom. The highest BCUT2D eigenvalue weighted by Gasteiger charge is 2.08. The van der Waals surface area contributed by atoms with Crippen LogP contribution < -0.4 is 10.7 Å². The molecule has 0 radical (unpaired) electrons. The molecule has 0 saturated carbocycles. The van der Waals surface area contributed by atoms with Crippen molar-refractivity contribution in [2.45, 2.75) is 13.1 Å². The minimum Gasteiger partial charge on any atom is -0.304 e. The molecule has 0 aliphatic heterocycles. The van der Waals surface area contributed by atoms with Crippen LogP contribution in [0.4, 0.5) is 0 Å². The van der Waals surface area contributed by atoms with E-state index in [2.05, 4.69) is 22.7 Å². The molecule has 0 aromatic heterocycles. The zero-order chi connectivity index (χ0) is 8.15. The van der Waals surface area contributed by atoms with E-state index in [0.717, 1.165) is 0 Å². The second kappa shape index (κ2) is 4.62. The molecule has 0 aromatic carbocycles. The van der Waals surface area contributed by atoms with E-state index in [1.165, 1.54) is 0 Å². The van der Waals surface area contributed by atoms with Gasteiger partial charge in [0.15, 0.2) is 0 Å². The van der Waals surface area contributed by atoms with Crippen molar-refractivity contribution in [1.29, 1.82) is 0 Å². The molecule has 62 valence electrons. The smallest absolute Gasteiger partial charge is 0.0714 e. The van der Waals surface area contributed by atoms with Crippen LogP contribution in [0.5, 0.6) is 0 Å².